The molecule has 0 rings (SSSR count). The van der Waals surface area contributed by atoms with E-state index in [0.717, 1.165) is 0 Å². The second-order valence-electron chi connectivity index (χ2n) is 1.40. The molecule has 0 saturated carbocycles. The van der Waals surface area contributed by atoms with Gasteiger partial charge in [0.15, 0.2) is 0 Å². The summed E-state index contributed by atoms with van der Waals surface area (Å²) < 4.78 is 15.1. The minimum absolute atomic E-state index is 0.313. The van der Waals surface area contributed by atoms with Gasteiger partial charge in [-0.05, 0) is 19.1 Å². The largest absolute Gasteiger partial charge is 0.428 e. The predicted molar refractivity (Wildman–Crippen MR) is 44.4 cm³/mol. The number of allylic oxidation sites excluding steroid dienone is 2. The molecule has 0 spiro atoms. The molecule has 0 heterocycles. The second-order valence-corrected chi connectivity index (χ2v) is 5.60. The summed E-state index contributed by atoms with van der Waals surface area (Å²) in [5.41, 5.74) is 0. The highest BCUT2D eigenvalue weighted by Gasteiger charge is 2.15. The van der Waals surface area contributed by atoms with Crippen molar-refractivity contribution in [3.8, 4) is 0 Å². The summed E-state index contributed by atoms with van der Waals surface area (Å²) in [6.07, 6.45) is -0.518. The molecule has 10 heavy (non-hydrogen) atoms. The molecule has 0 fully saturated rings. The number of hydrogen-bond acceptors (Lipinski definition) is 2. The molecule has 0 bridgehead atoms. The Labute approximate surface area is 69.5 Å². The Morgan fingerprint density at radius 3 is 2.30 bits per heavy atom. The fraction of sp³-hybridized carbons (Fsp3) is 0.200. The Kier molecular flexibility index (Phi) is 4.11. The second kappa shape index (κ2) is 4.07. The number of hydrogen-bond donors (Lipinski definition) is 0. The van der Waals surface area contributed by atoms with E-state index in [1.54, 1.807) is 13.0 Å². The third-order valence-corrected chi connectivity index (χ3v) is 1.53. The summed E-state index contributed by atoms with van der Waals surface area (Å²) in [4.78, 5) is 0. The monoisotopic (exact) mass is 200 g/mol. The van der Waals surface area contributed by atoms with Crippen LogP contribution in [0.3, 0.4) is 0 Å². The van der Waals surface area contributed by atoms with Gasteiger partial charge in [0.25, 0.3) is 0 Å². The fourth-order valence-electron chi connectivity index (χ4n) is 0.331. The van der Waals surface area contributed by atoms with Gasteiger partial charge in [-0.2, -0.15) is 0 Å². The molecule has 0 atom stereocenters. The molecule has 0 saturated heterocycles. The van der Waals surface area contributed by atoms with Crippen molar-refractivity contribution in [1.29, 1.82) is 0 Å². The average Bonchev–Trinajstić information content (AvgIpc) is 1.81. The fourth-order valence-corrected chi connectivity index (χ4v) is 1.23. The Morgan fingerprint density at radius 1 is 1.70 bits per heavy atom. The van der Waals surface area contributed by atoms with E-state index < -0.39 is 6.07 Å². The molecule has 0 unspecified atom stereocenters. The summed E-state index contributed by atoms with van der Waals surface area (Å²) >= 11 is 10.2. The van der Waals surface area contributed by atoms with Crippen LogP contribution < -0.4 is 0 Å². The minimum atomic E-state index is -3.45. The molecule has 5 heteroatoms. The van der Waals surface area contributed by atoms with Crippen molar-refractivity contribution in [2.24, 2.45) is 0 Å². The number of rotatable bonds is 3. The summed E-state index contributed by atoms with van der Waals surface area (Å²) in [6.45, 7) is 5.08. The SMILES string of the molecule is C=CC(=CC)OP(=O)(Cl)Cl. The topological polar surface area (TPSA) is 26.3 Å². The minimum Gasteiger partial charge on any atom is -0.423 e. The lowest BCUT2D eigenvalue weighted by Crippen LogP contribution is -1.77. The van der Waals surface area contributed by atoms with Crippen molar-refractivity contribution in [2.75, 3.05) is 0 Å². The van der Waals surface area contributed by atoms with E-state index >= 15 is 0 Å². The van der Waals surface area contributed by atoms with Crippen LogP contribution in [-0.4, -0.2) is 0 Å². The summed E-state index contributed by atoms with van der Waals surface area (Å²) in [6, 6.07) is 0. The first-order valence-electron chi connectivity index (χ1n) is 2.47. The van der Waals surface area contributed by atoms with E-state index in [-0.39, 0.29) is 0 Å². The lowest BCUT2D eigenvalue weighted by molar-refractivity contribution is 0.444. The van der Waals surface area contributed by atoms with Crippen LogP contribution in [0.2, 0.25) is 0 Å². The Bertz CT molecular complexity index is 194. The van der Waals surface area contributed by atoms with Gasteiger partial charge >= 0.3 is 6.07 Å². The molecule has 58 valence electrons. The molecule has 0 aliphatic carbocycles. The van der Waals surface area contributed by atoms with Crippen molar-refractivity contribution in [2.45, 2.75) is 6.92 Å². The maximum Gasteiger partial charge on any atom is 0.428 e. The first-order valence-corrected chi connectivity index (χ1v) is 5.91. The molecule has 2 nitrogen and oxygen atoms in total. The van der Waals surface area contributed by atoms with Crippen LogP contribution in [0.4, 0.5) is 0 Å². The highest BCUT2D eigenvalue weighted by Crippen LogP contribution is 2.59. The molecule has 0 aromatic heterocycles. The van der Waals surface area contributed by atoms with Gasteiger partial charge in [0.05, 0.1) is 0 Å². The van der Waals surface area contributed by atoms with E-state index in [1.165, 1.54) is 6.08 Å². The van der Waals surface area contributed by atoms with Gasteiger partial charge in [-0.3, -0.25) is 0 Å². The predicted octanol–water partition coefficient (Wildman–Crippen LogP) is 3.68. The highest BCUT2D eigenvalue weighted by atomic mass is 35.9. The Morgan fingerprint density at radius 2 is 2.20 bits per heavy atom. The zero-order chi connectivity index (χ0) is 8.20. The summed E-state index contributed by atoms with van der Waals surface area (Å²) in [7, 11) is 0. The first kappa shape index (κ1) is 10.1. The summed E-state index contributed by atoms with van der Waals surface area (Å²) in [5.74, 6) is 0.313. The molecule has 0 aromatic carbocycles. The molecular weight excluding hydrogens is 194 g/mol. The molecule has 0 radical (unpaired) electrons. The van der Waals surface area contributed by atoms with Crippen molar-refractivity contribution < 1.29 is 9.09 Å². The lowest BCUT2D eigenvalue weighted by atomic mass is 10.5. The quantitative estimate of drug-likeness (QED) is 0.395. The van der Waals surface area contributed by atoms with Gasteiger partial charge < -0.3 is 4.52 Å². The zero-order valence-electron chi connectivity index (χ0n) is 5.38. The van der Waals surface area contributed by atoms with Gasteiger partial charge in [-0.15, -0.1) is 0 Å². The third kappa shape index (κ3) is 4.92. The lowest BCUT2D eigenvalue weighted by Gasteiger charge is -2.04. The van der Waals surface area contributed by atoms with Crippen LogP contribution in [0.1, 0.15) is 6.92 Å². The van der Waals surface area contributed by atoms with Crippen LogP contribution >= 0.6 is 28.6 Å². The van der Waals surface area contributed by atoms with E-state index in [1.807, 2.05) is 0 Å². The Hall–Kier alpha value is 0.0900. The standard InChI is InChI=1S/C5H7Cl2O2P/c1-3-5(4-2)9-10(6,7)8/h3-4H,1H2,2H3. The average molecular weight is 201 g/mol. The third-order valence-electron chi connectivity index (χ3n) is 0.697. The van der Waals surface area contributed by atoms with Crippen molar-refractivity contribution in [3.05, 3.63) is 24.5 Å². The van der Waals surface area contributed by atoms with E-state index in [2.05, 4.69) is 11.1 Å². The molecule has 0 N–H and O–H groups in total. The highest BCUT2D eigenvalue weighted by molar-refractivity contribution is 8.05. The normalized spacial score (nSPS) is 12.9. The van der Waals surface area contributed by atoms with E-state index in [9.17, 15) is 4.57 Å². The molecule has 0 amide bonds. The van der Waals surface area contributed by atoms with Crippen LogP contribution in [0.5, 0.6) is 0 Å². The van der Waals surface area contributed by atoms with Crippen molar-refractivity contribution in [1.82, 2.24) is 0 Å². The summed E-state index contributed by atoms with van der Waals surface area (Å²) in [5, 5.41) is 0. The van der Waals surface area contributed by atoms with Crippen LogP contribution in [-0.2, 0) is 9.09 Å². The van der Waals surface area contributed by atoms with Gasteiger partial charge in [0.1, 0.15) is 5.76 Å². The van der Waals surface area contributed by atoms with Gasteiger partial charge in [-0.1, -0.05) is 6.58 Å². The molecule has 0 aromatic rings. The van der Waals surface area contributed by atoms with Crippen molar-refractivity contribution in [3.63, 3.8) is 0 Å². The van der Waals surface area contributed by atoms with Gasteiger partial charge in [0, 0.05) is 22.5 Å². The van der Waals surface area contributed by atoms with Crippen LogP contribution in [0.15, 0.2) is 24.5 Å². The van der Waals surface area contributed by atoms with Crippen LogP contribution in [0, 0.1) is 0 Å². The zero-order valence-corrected chi connectivity index (χ0v) is 7.79. The molecule has 0 aliphatic rings. The van der Waals surface area contributed by atoms with Gasteiger partial charge in [-0.25, -0.2) is 4.57 Å². The first-order chi connectivity index (χ1) is 4.49. The van der Waals surface area contributed by atoms with Crippen LogP contribution in [0.25, 0.3) is 0 Å². The maximum absolute atomic E-state index is 10.6. The number of halogens is 2. The molecular formula is C5H7Cl2O2P. The van der Waals surface area contributed by atoms with E-state index in [4.69, 9.17) is 22.5 Å². The Balaban J connectivity index is 4.15. The smallest absolute Gasteiger partial charge is 0.423 e. The van der Waals surface area contributed by atoms with Gasteiger partial charge in [0.2, 0.25) is 0 Å². The van der Waals surface area contributed by atoms with Crippen molar-refractivity contribution >= 4 is 28.6 Å². The maximum atomic E-state index is 10.6. The van der Waals surface area contributed by atoms with E-state index in [0.29, 0.717) is 5.76 Å². The molecule has 0 aliphatic heterocycles.